The van der Waals surface area contributed by atoms with Gasteiger partial charge < -0.3 is 10.3 Å². The normalized spacial score (nSPS) is 15.1. The molecular weight excluding hydrogens is 468 g/mol. The molecule has 0 bridgehead atoms. The molecule has 0 radical (unpaired) electrons. The second-order valence-electron chi connectivity index (χ2n) is 10.6. The van der Waals surface area contributed by atoms with E-state index in [2.05, 4.69) is 76.4 Å². The Morgan fingerprint density at radius 1 is 0.895 bits per heavy atom. The summed E-state index contributed by atoms with van der Waals surface area (Å²) in [6.45, 7) is 2.38. The van der Waals surface area contributed by atoms with Crippen molar-refractivity contribution in [2.45, 2.75) is 31.6 Å². The van der Waals surface area contributed by atoms with Crippen LogP contribution in [0.25, 0.3) is 50.6 Å². The van der Waals surface area contributed by atoms with Gasteiger partial charge in [-0.05, 0) is 60.2 Å². The number of para-hydroxylation sites is 1. The van der Waals surface area contributed by atoms with Gasteiger partial charge >= 0.3 is 0 Å². The van der Waals surface area contributed by atoms with Crippen LogP contribution in [-0.2, 0) is 5.41 Å². The van der Waals surface area contributed by atoms with Gasteiger partial charge in [-0.2, -0.15) is 0 Å². The van der Waals surface area contributed by atoms with Gasteiger partial charge in [0.2, 0.25) is 0 Å². The quantitative estimate of drug-likeness (QED) is 0.265. The Labute approximate surface area is 220 Å². The monoisotopic (exact) mass is 494 g/mol. The number of nitrogens with zero attached hydrogens (tertiary/aromatic N) is 4. The van der Waals surface area contributed by atoms with Crippen LogP contribution in [0, 0.1) is 0 Å². The number of pyridine rings is 2. The van der Waals surface area contributed by atoms with Crippen LogP contribution in [0.15, 0.2) is 91.4 Å². The molecule has 2 N–H and O–H groups in total. The number of fused-ring (bicyclic) bond motifs is 6. The standard InChI is InChI=1S/C32H26N6/c1-32(14-5-15-32)22-11-9-20(10-12-22)29-28(21-18-26-25(35-19-21)13-17-33-26)37-31-23-6-2-3-7-24(23)36-30-27(38(29)31)8-4-16-34-30/h2-4,6-13,16-19,33H,5,14-15H2,1H3,(H,34,36). The minimum absolute atomic E-state index is 0.289. The molecule has 5 heterocycles. The zero-order valence-electron chi connectivity index (χ0n) is 21.1. The second-order valence-corrected chi connectivity index (χ2v) is 10.6. The number of hydrogen-bond acceptors (Lipinski definition) is 4. The molecule has 0 atom stereocenters. The number of aromatic amines is 1. The molecule has 0 amide bonds. The minimum atomic E-state index is 0.289. The number of benzene rings is 2. The van der Waals surface area contributed by atoms with Gasteiger partial charge in [-0.15, -0.1) is 0 Å². The molecule has 38 heavy (non-hydrogen) atoms. The van der Waals surface area contributed by atoms with E-state index in [0.717, 1.165) is 62.1 Å². The molecule has 1 aliphatic heterocycles. The summed E-state index contributed by atoms with van der Waals surface area (Å²) >= 11 is 0. The van der Waals surface area contributed by atoms with Gasteiger partial charge in [0.25, 0.3) is 0 Å². The summed E-state index contributed by atoms with van der Waals surface area (Å²) in [4.78, 5) is 18.1. The third-order valence-electron chi connectivity index (χ3n) is 8.31. The van der Waals surface area contributed by atoms with Crippen LogP contribution in [0.2, 0.25) is 0 Å². The van der Waals surface area contributed by atoms with E-state index in [1.807, 2.05) is 36.8 Å². The van der Waals surface area contributed by atoms with E-state index in [1.54, 1.807) is 0 Å². The maximum atomic E-state index is 5.33. The lowest BCUT2D eigenvalue weighted by atomic mass is 9.66. The Hall–Kier alpha value is -4.71. The minimum Gasteiger partial charge on any atom is -0.360 e. The van der Waals surface area contributed by atoms with Crippen LogP contribution >= 0.6 is 0 Å². The van der Waals surface area contributed by atoms with Crippen LogP contribution < -0.4 is 5.32 Å². The van der Waals surface area contributed by atoms with E-state index in [1.165, 1.54) is 24.8 Å². The predicted octanol–water partition coefficient (Wildman–Crippen LogP) is 7.64. The molecular formula is C32H26N6. The van der Waals surface area contributed by atoms with Gasteiger partial charge in [-0.3, -0.25) is 9.55 Å². The van der Waals surface area contributed by atoms with Gasteiger partial charge in [-0.25, -0.2) is 9.97 Å². The van der Waals surface area contributed by atoms with Crippen molar-refractivity contribution in [1.29, 1.82) is 0 Å². The highest BCUT2D eigenvalue weighted by Gasteiger charge is 2.34. The van der Waals surface area contributed by atoms with Gasteiger partial charge in [0, 0.05) is 35.3 Å². The first-order valence-corrected chi connectivity index (χ1v) is 13.2. The van der Waals surface area contributed by atoms with Crippen LogP contribution in [0.1, 0.15) is 31.7 Å². The molecule has 6 nitrogen and oxygen atoms in total. The molecule has 1 fully saturated rings. The second kappa shape index (κ2) is 7.89. The largest absolute Gasteiger partial charge is 0.360 e. The highest BCUT2D eigenvalue weighted by molar-refractivity contribution is 5.92. The fraction of sp³-hybridized carbons (Fsp3) is 0.156. The number of anilines is 2. The summed E-state index contributed by atoms with van der Waals surface area (Å²) < 4.78 is 2.26. The summed E-state index contributed by atoms with van der Waals surface area (Å²) in [6, 6.07) is 25.6. The third-order valence-corrected chi connectivity index (χ3v) is 8.31. The van der Waals surface area contributed by atoms with Gasteiger partial charge in [-0.1, -0.05) is 49.7 Å². The molecule has 4 aromatic heterocycles. The Balaban J connectivity index is 1.43. The highest BCUT2D eigenvalue weighted by Crippen LogP contribution is 2.46. The molecule has 184 valence electrons. The summed E-state index contributed by atoms with van der Waals surface area (Å²) in [5.41, 5.74) is 10.6. The van der Waals surface area contributed by atoms with Crippen LogP contribution in [0.4, 0.5) is 11.5 Å². The van der Waals surface area contributed by atoms with E-state index < -0.39 is 0 Å². The van der Waals surface area contributed by atoms with Gasteiger partial charge in [0.05, 0.1) is 33.8 Å². The first-order chi connectivity index (χ1) is 18.7. The summed E-state index contributed by atoms with van der Waals surface area (Å²) in [6.07, 6.45) is 9.50. The average molecular weight is 495 g/mol. The molecule has 2 aliphatic rings. The summed E-state index contributed by atoms with van der Waals surface area (Å²) in [7, 11) is 0. The predicted molar refractivity (Wildman–Crippen MR) is 152 cm³/mol. The molecule has 8 rings (SSSR count). The van der Waals surface area contributed by atoms with E-state index in [9.17, 15) is 0 Å². The highest BCUT2D eigenvalue weighted by atomic mass is 15.2. The fourth-order valence-corrected chi connectivity index (χ4v) is 5.98. The maximum absolute atomic E-state index is 5.33. The number of hydrogen-bond donors (Lipinski definition) is 2. The molecule has 2 aromatic carbocycles. The topological polar surface area (TPSA) is 71.4 Å². The smallest absolute Gasteiger partial charge is 0.154 e. The maximum Gasteiger partial charge on any atom is 0.154 e. The first kappa shape index (κ1) is 21.4. The van der Waals surface area contributed by atoms with Crippen molar-refractivity contribution >= 4 is 22.5 Å². The molecule has 6 heteroatoms. The van der Waals surface area contributed by atoms with E-state index >= 15 is 0 Å². The van der Waals surface area contributed by atoms with Crippen molar-refractivity contribution in [3.8, 4) is 39.6 Å². The number of imidazole rings is 1. The number of aromatic nitrogens is 5. The molecule has 1 saturated carbocycles. The molecule has 6 aromatic rings. The Morgan fingerprint density at radius 2 is 1.76 bits per heavy atom. The van der Waals surface area contributed by atoms with Crippen molar-refractivity contribution in [2.24, 2.45) is 0 Å². The Bertz CT molecular complexity index is 1840. The number of nitrogens with one attached hydrogen (secondary N) is 2. The first-order valence-electron chi connectivity index (χ1n) is 13.2. The van der Waals surface area contributed by atoms with Crippen molar-refractivity contribution in [2.75, 3.05) is 5.32 Å². The molecule has 0 saturated heterocycles. The third kappa shape index (κ3) is 3.10. The molecule has 1 aliphatic carbocycles. The van der Waals surface area contributed by atoms with Crippen LogP contribution in [-0.4, -0.2) is 24.5 Å². The van der Waals surface area contributed by atoms with Crippen LogP contribution in [0.3, 0.4) is 0 Å². The van der Waals surface area contributed by atoms with Crippen molar-refractivity contribution in [3.63, 3.8) is 0 Å². The van der Waals surface area contributed by atoms with E-state index in [0.29, 0.717) is 0 Å². The summed E-state index contributed by atoms with van der Waals surface area (Å²) in [5, 5.41) is 3.55. The van der Waals surface area contributed by atoms with Crippen LogP contribution in [0.5, 0.6) is 0 Å². The van der Waals surface area contributed by atoms with E-state index in [4.69, 9.17) is 15.0 Å². The number of rotatable bonds is 3. The lowest BCUT2D eigenvalue weighted by Gasteiger charge is -2.39. The van der Waals surface area contributed by atoms with Crippen molar-refractivity contribution in [1.82, 2.24) is 24.5 Å². The van der Waals surface area contributed by atoms with Gasteiger partial charge in [0.15, 0.2) is 5.82 Å². The average Bonchev–Trinajstić information content (AvgIpc) is 3.54. The zero-order valence-corrected chi connectivity index (χ0v) is 21.1. The molecule has 0 spiro atoms. The lowest BCUT2D eigenvalue weighted by Crippen LogP contribution is -2.30. The molecule has 0 unspecified atom stereocenters. The van der Waals surface area contributed by atoms with Gasteiger partial charge in [0.1, 0.15) is 5.82 Å². The SMILES string of the molecule is CC1(c2ccc(-c3c(-c4cnc5cc[nH]c5c4)nc4n3-c3cccnc3Nc3ccccc3-4)cc2)CCC1. The van der Waals surface area contributed by atoms with Crippen molar-refractivity contribution < 1.29 is 0 Å². The zero-order chi connectivity index (χ0) is 25.3. The Kier molecular flexibility index (Phi) is 4.44. The van der Waals surface area contributed by atoms with E-state index in [-0.39, 0.29) is 5.41 Å². The summed E-state index contributed by atoms with van der Waals surface area (Å²) in [5.74, 6) is 1.69. The number of H-pyrrole nitrogens is 1. The Morgan fingerprint density at radius 3 is 2.61 bits per heavy atom. The fourth-order valence-electron chi connectivity index (χ4n) is 5.98. The van der Waals surface area contributed by atoms with Crippen molar-refractivity contribution in [3.05, 3.63) is 97.0 Å². The lowest BCUT2D eigenvalue weighted by molar-refractivity contribution is 0.272.